The van der Waals surface area contributed by atoms with Gasteiger partial charge in [0.05, 0.1) is 19.1 Å². The van der Waals surface area contributed by atoms with Crippen molar-refractivity contribution in [2.24, 2.45) is 0 Å². The molecule has 0 unspecified atom stereocenters. The summed E-state index contributed by atoms with van der Waals surface area (Å²) < 4.78 is 12.2. The minimum Gasteiger partial charge on any atom is -0.496 e. The molecule has 0 aliphatic rings. The second-order valence-corrected chi connectivity index (χ2v) is 8.60. The molecule has 0 saturated carbocycles. The number of thiophene rings is 1. The van der Waals surface area contributed by atoms with Crippen LogP contribution in [-0.2, 0) is 21.5 Å². The van der Waals surface area contributed by atoms with Crippen LogP contribution in [0.5, 0.6) is 5.75 Å². The molecular formula is C22H26N2O4S. The first kappa shape index (κ1) is 21.0. The second kappa shape index (κ2) is 7.99. The van der Waals surface area contributed by atoms with E-state index in [0.29, 0.717) is 28.2 Å². The molecule has 7 heteroatoms. The first-order valence-corrected chi connectivity index (χ1v) is 10.3. The van der Waals surface area contributed by atoms with Gasteiger partial charge >= 0.3 is 5.97 Å². The van der Waals surface area contributed by atoms with Crippen LogP contribution in [0.2, 0.25) is 0 Å². The normalized spacial score (nSPS) is 11.7. The lowest BCUT2D eigenvalue weighted by atomic mass is 10.0. The molecule has 2 aromatic heterocycles. The summed E-state index contributed by atoms with van der Waals surface area (Å²) in [4.78, 5) is 32.9. The monoisotopic (exact) mass is 414 g/mol. The van der Waals surface area contributed by atoms with Gasteiger partial charge in [-0.05, 0) is 46.2 Å². The van der Waals surface area contributed by atoms with Gasteiger partial charge < -0.3 is 9.47 Å². The highest BCUT2D eigenvalue weighted by Crippen LogP contribution is 2.30. The standard InChI is InChI=1S/C22H26N2O4S/c1-7-28-21(26)22(4,5)24-17(12-15-10-8-9-11-16(15)27-6)23-19-18(20(24)25)13(2)14(3)29-19/h8-11H,7,12H2,1-6H3. The van der Waals surface area contributed by atoms with E-state index in [2.05, 4.69) is 0 Å². The van der Waals surface area contributed by atoms with Gasteiger partial charge in [-0.2, -0.15) is 0 Å². The Bertz CT molecular complexity index is 1130. The second-order valence-electron chi connectivity index (χ2n) is 7.40. The van der Waals surface area contributed by atoms with Crippen molar-refractivity contribution < 1.29 is 14.3 Å². The summed E-state index contributed by atoms with van der Waals surface area (Å²) in [5.41, 5.74) is 0.368. The molecule has 0 bridgehead atoms. The molecule has 0 radical (unpaired) electrons. The molecule has 0 spiro atoms. The maximum Gasteiger partial charge on any atom is 0.331 e. The topological polar surface area (TPSA) is 70.4 Å². The molecule has 2 heterocycles. The Morgan fingerprint density at radius 1 is 1.24 bits per heavy atom. The van der Waals surface area contributed by atoms with Gasteiger partial charge in [-0.3, -0.25) is 9.36 Å². The molecule has 3 aromatic rings. The molecule has 0 aliphatic heterocycles. The number of hydrogen-bond donors (Lipinski definition) is 0. The highest BCUT2D eigenvalue weighted by Gasteiger charge is 2.36. The van der Waals surface area contributed by atoms with E-state index in [0.717, 1.165) is 16.0 Å². The van der Waals surface area contributed by atoms with Crippen LogP contribution in [0.3, 0.4) is 0 Å². The zero-order valence-electron chi connectivity index (χ0n) is 17.7. The minimum atomic E-state index is -1.20. The maximum atomic E-state index is 13.6. The molecule has 0 N–H and O–H groups in total. The van der Waals surface area contributed by atoms with Gasteiger partial charge in [-0.15, -0.1) is 11.3 Å². The van der Waals surface area contributed by atoms with Crippen molar-refractivity contribution in [1.82, 2.24) is 9.55 Å². The average molecular weight is 415 g/mol. The summed E-state index contributed by atoms with van der Waals surface area (Å²) in [5, 5.41) is 0.564. The van der Waals surface area contributed by atoms with Gasteiger partial charge in [0.25, 0.3) is 5.56 Å². The van der Waals surface area contributed by atoms with E-state index in [1.54, 1.807) is 27.9 Å². The van der Waals surface area contributed by atoms with Gasteiger partial charge in [0.1, 0.15) is 21.9 Å². The Morgan fingerprint density at radius 2 is 1.93 bits per heavy atom. The van der Waals surface area contributed by atoms with E-state index in [-0.39, 0.29) is 12.2 Å². The van der Waals surface area contributed by atoms with E-state index >= 15 is 0 Å². The minimum absolute atomic E-state index is 0.222. The summed E-state index contributed by atoms with van der Waals surface area (Å²) in [7, 11) is 1.61. The van der Waals surface area contributed by atoms with Crippen LogP contribution in [0.15, 0.2) is 29.1 Å². The lowest BCUT2D eigenvalue weighted by Gasteiger charge is -2.28. The number of aryl methyl sites for hydroxylation is 2. The zero-order valence-corrected chi connectivity index (χ0v) is 18.5. The summed E-state index contributed by atoms with van der Waals surface area (Å²) in [6.45, 7) is 9.27. The van der Waals surface area contributed by atoms with Crippen molar-refractivity contribution in [1.29, 1.82) is 0 Å². The van der Waals surface area contributed by atoms with E-state index in [9.17, 15) is 9.59 Å². The van der Waals surface area contributed by atoms with Gasteiger partial charge in [0, 0.05) is 16.9 Å². The fraction of sp³-hybridized carbons (Fsp3) is 0.409. The van der Waals surface area contributed by atoms with Gasteiger partial charge in [0.15, 0.2) is 0 Å². The zero-order chi connectivity index (χ0) is 21.3. The molecule has 3 rings (SSSR count). The van der Waals surface area contributed by atoms with Crippen molar-refractivity contribution in [3.63, 3.8) is 0 Å². The Kier molecular flexibility index (Phi) is 5.80. The first-order valence-electron chi connectivity index (χ1n) is 9.53. The summed E-state index contributed by atoms with van der Waals surface area (Å²) >= 11 is 1.49. The molecule has 6 nitrogen and oxygen atoms in total. The fourth-order valence-corrected chi connectivity index (χ4v) is 4.49. The molecule has 0 fully saturated rings. The van der Waals surface area contributed by atoms with E-state index < -0.39 is 11.5 Å². The predicted molar refractivity (Wildman–Crippen MR) is 115 cm³/mol. The Morgan fingerprint density at radius 3 is 2.59 bits per heavy atom. The van der Waals surface area contributed by atoms with Gasteiger partial charge in [-0.25, -0.2) is 9.78 Å². The van der Waals surface area contributed by atoms with E-state index in [1.165, 1.54) is 15.9 Å². The quantitative estimate of drug-likeness (QED) is 0.571. The molecular weight excluding hydrogens is 388 g/mol. The number of aromatic nitrogens is 2. The van der Waals surface area contributed by atoms with E-state index in [1.807, 2.05) is 38.1 Å². The lowest BCUT2D eigenvalue weighted by Crippen LogP contribution is -2.46. The highest BCUT2D eigenvalue weighted by atomic mass is 32.1. The summed E-state index contributed by atoms with van der Waals surface area (Å²) in [6, 6.07) is 7.60. The molecule has 0 amide bonds. The summed E-state index contributed by atoms with van der Waals surface area (Å²) in [6.07, 6.45) is 0.355. The lowest BCUT2D eigenvalue weighted by molar-refractivity contribution is -0.152. The van der Waals surface area contributed by atoms with Crippen LogP contribution in [0.4, 0.5) is 0 Å². The third-order valence-electron chi connectivity index (χ3n) is 5.15. The molecule has 0 saturated heterocycles. The number of esters is 1. The highest BCUT2D eigenvalue weighted by molar-refractivity contribution is 7.18. The predicted octanol–water partition coefficient (Wildman–Crippen LogP) is 3.97. The van der Waals surface area contributed by atoms with Crippen molar-refractivity contribution in [2.75, 3.05) is 13.7 Å². The van der Waals surface area contributed by atoms with Crippen LogP contribution >= 0.6 is 11.3 Å². The van der Waals surface area contributed by atoms with Crippen LogP contribution in [0.25, 0.3) is 10.2 Å². The molecule has 1 aromatic carbocycles. The number of fused-ring (bicyclic) bond motifs is 1. The first-order chi connectivity index (χ1) is 13.7. The molecule has 154 valence electrons. The Hall–Kier alpha value is -2.67. The number of carbonyl (C=O) groups excluding carboxylic acids is 1. The molecule has 0 aliphatic carbocycles. The van der Waals surface area contributed by atoms with Crippen molar-refractivity contribution in [3.05, 3.63) is 56.4 Å². The third-order valence-corrected chi connectivity index (χ3v) is 6.25. The molecule has 0 atom stereocenters. The number of rotatable bonds is 6. The van der Waals surface area contributed by atoms with Gasteiger partial charge in [-0.1, -0.05) is 18.2 Å². The van der Waals surface area contributed by atoms with Crippen molar-refractivity contribution >= 4 is 27.5 Å². The Labute approximate surface area is 174 Å². The van der Waals surface area contributed by atoms with Crippen LogP contribution < -0.4 is 10.3 Å². The fourth-order valence-electron chi connectivity index (χ4n) is 3.45. The maximum absolute atomic E-state index is 13.6. The number of hydrogen-bond acceptors (Lipinski definition) is 6. The molecule has 29 heavy (non-hydrogen) atoms. The van der Waals surface area contributed by atoms with E-state index in [4.69, 9.17) is 14.5 Å². The summed E-state index contributed by atoms with van der Waals surface area (Å²) in [5.74, 6) is 0.751. The van der Waals surface area contributed by atoms with Gasteiger partial charge in [0.2, 0.25) is 0 Å². The van der Waals surface area contributed by atoms with Crippen molar-refractivity contribution in [3.8, 4) is 5.75 Å². The number of para-hydroxylation sites is 1. The number of ether oxygens (including phenoxy) is 2. The SMILES string of the molecule is CCOC(=O)C(C)(C)n1c(Cc2ccccc2OC)nc2sc(C)c(C)c2c1=O. The van der Waals surface area contributed by atoms with Crippen molar-refractivity contribution in [2.45, 2.75) is 46.6 Å². The largest absolute Gasteiger partial charge is 0.496 e. The van der Waals surface area contributed by atoms with Crippen LogP contribution in [0, 0.1) is 13.8 Å². The third kappa shape index (κ3) is 3.67. The number of benzene rings is 1. The number of methoxy groups -OCH3 is 1. The average Bonchev–Trinajstić information content (AvgIpc) is 2.96. The number of carbonyl (C=O) groups is 1. The Balaban J connectivity index is 2.30. The van der Waals surface area contributed by atoms with Crippen LogP contribution in [0.1, 0.15) is 42.6 Å². The number of nitrogens with zero attached hydrogens (tertiary/aromatic N) is 2. The van der Waals surface area contributed by atoms with Crippen LogP contribution in [-0.4, -0.2) is 29.2 Å². The smallest absolute Gasteiger partial charge is 0.331 e.